The highest BCUT2D eigenvalue weighted by Crippen LogP contribution is 2.36. The zero-order valence-corrected chi connectivity index (χ0v) is 22.0. The molecule has 0 saturated carbocycles. The van der Waals surface area contributed by atoms with Crippen molar-refractivity contribution in [2.75, 3.05) is 4.72 Å². The molecule has 0 aliphatic carbocycles. The van der Waals surface area contributed by atoms with Gasteiger partial charge in [-0.05, 0) is 30.7 Å². The monoisotopic (exact) mass is 533 g/mol. The van der Waals surface area contributed by atoms with E-state index >= 15 is 0 Å². The molecule has 3 aromatic carbocycles. The van der Waals surface area contributed by atoms with Crippen molar-refractivity contribution in [2.45, 2.75) is 25.1 Å². The predicted molar refractivity (Wildman–Crippen MR) is 144 cm³/mol. The van der Waals surface area contributed by atoms with Crippen molar-refractivity contribution < 1.29 is 17.9 Å². The van der Waals surface area contributed by atoms with E-state index in [4.69, 9.17) is 9.47 Å². The maximum Gasteiger partial charge on any atom is 0.328 e. The van der Waals surface area contributed by atoms with Crippen LogP contribution in [0.5, 0.6) is 17.2 Å². The third-order valence-corrected chi connectivity index (χ3v) is 7.40. The molecular weight excluding hydrogens is 506 g/mol. The molecule has 2 heterocycles. The summed E-state index contributed by atoms with van der Waals surface area (Å²) in [5, 5.41) is -0.122. The summed E-state index contributed by atoms with van der Waals surface area (Å²) in [7, 11) is -0.759. The van der Waals surface area contributed by atoms with E-state index in [2.05, 4.69) is 9.71 Å². The fraction of sp³-hybridized carbons (Fsp3) is 0.185. The Hall–Kier alpha value is -4.51. The van der Waals surface area contributed by atoms with Crippen LogP contribution in [0.4, 0.5) is 5.69 Å². The van der Waals surface area contributed by atoms with E-state index in [0.717, 1.165) is 5.56 Å². The molecule has 38 heavy (non-hydrogen) atoms. The van der Waals surface area contributed by atoms with Gasteiger partial charge in [-0.1, -0.05) is 36.4 Å². The van der Waals surface area contributed by atoms with Crippen molar-refractivity contribution in [3.63, 3.8) is 0 Å². The van der Waals surface area contributed by atoms with Gasteiger partial charge in [0, 0.05) is 39.0 Å². The summed E-state index contributed by atoms with van der Waals surface area (Å²) in [6.45, 7) is 2.86. The van der Waals surface area contributed by atoms with Crippen molar-refractivity contribution in [1.82, 2.24) is 18.7 Å². The van der Waals surface area contributed by atoms with E-state index in [9.17, 15) is 13.2 Å². The SMILES string of the molecule is CCn1cnc(S(=O)(=O)Nc2cc3c(cc2Oc2cccc(OCc4ccccc4)c2)n(C)c(=O)n3C)c1. The molecule has 0 saturated heterocycles. The Kier molecular flexibility index (Phi) is 6.68. The smallest absolute Gasteiger partial charge is 0.328 e. The second kappa shape index (κ2) is 10.1. The minimum absolute atomic E-state index is 0.122. The number of anilines is 1. The quantitative estimate of drug-likeness (QED) is 0.303. The van der Waals surface area contributed by atoms with Crippen LogP contribution in [0.2, 0.25) is 0 Å². The van der Waals surface area contributed by atoms with E-state index in [1.54, 1.807) is 49.0 Å². The zero-order valence-electron chi connectivity index (χ0n) is 21.2. The Morgan fingerprint density at radius 3 is 2.34 bits per heavy atom. The molecule has 5 aromatic rings. The van der Waals surface area contributed by atoms with Gasteiger partial charge in [0.15, 0.2) is 10.8 Å². The van der Waals surface area contributed by atoms with Crippen molar-refractivity contribution >= 4 is 26.7 Å². The molecule has 1 N–H and O–H groups in total. The van der Waals surface area contributed by atoms with Gasteiger partial charge in [-0.2, -0.15) is 8.42 Å². The number of hydrogen-bond acceptors (Lipinski definition) is 6. The third-order valence-electron chi connectivity index (χ3n) is 6.15. The Morgan fingerprint density at radius 1 is 0.921 bits per heavy atom. The van der Waals surface area contributed by atoms with Gasteiger partial charge in [0.05, 0.1) is 23.0 Å². The van der Waals surface area contributed by atoms with Gasteiger partial charge >= 0.3 is 5.69 Å². The lowest BCUT2D eigenvalue weighted by molar-refractivity contribution is 0.304. The normalized spacial score (nSPS) is 11.6. The van der Waals surface area contributed by atoms with Crippen LogP contribution in [0, 0.1) is 0 Å². The summed E-state index contributed by atoms with van der Waals surface area (Å²) < 4.78 is 45.6. The number of hydrogen-bond donors (Lipinski definition) is 1. The van der Waals surface area contributed by atoms with Gasteiger partial charge in [0.2, 0.25) is 0 Å². The molecule has 10 nitrogen and oxygen atoms in total. The minimum Gasteiger partial charge on any atom is -0.489 e. The molecule has 0 fully saturated rings. The number of ether oxygens (including phenoxy) is 2. The molecule has 0 bridgehead atoms. The van der Waals surface area contributed by atoms with E-state index in [1.165, 1.54) is 21.7 Å². The average molecular weight is 534 g/mol. The van der Waals surface area contributed by atoms with E-state index in [1.807, 2.05) is 43.3 Å². The molecule has 196 valence electrons. The number of nitrogens with zero attached hydrogens (tertiary/aromatic N) is 4. The molecule has 0 atom stereocenters. The predicted octanol–water partition coefficient (Wildman–Crippen LogP) is 4.27. The number of sulfonamides is 1. The number of aromatic nitrogens is 4. The fourth-order valence-corrected chi connectivity index (χ4v) is 5.05. The number of benzene rings is 3. The summed E-state index contributed by atoms with van der Waals surface area (Å²) in [5.74, 6) is 1.25. The van der Waals surface area contributed by atoms with Crippen LogP contribution in [-0.4, -0.2) is 27.1 Å². The Bertz CT molecular complexity index is 1770. The van der Waals surface area contributed by atoms with Gasteiger partial charge in [-0.15, -0.1) is 0 Å². The molecule has 0 unspecified atom stereocenters. The number of fused-ring (bicyclic) bond motifs is 1. The summed E-state index contributed by atoms with van der Waals surface area (Å²) >= 11 is 0. The molecule has 0 aliphatic rings. The molecule has 0 aliphatic heterocycles. The van der Waals surface area contributed by atoms with Gasteiger partial charge < -0.3 is 14.0 Å². The van der Waals surface area contributed by atoms with Crippen molar-refractivity contribution in [1.29, 1.82) is 0 Å². The van der Waals surface area contributed by atoms with Crippen molar-refractivity contribution in [2.24, 2.45) is 14.1 Å². The highest BCUT2D eigenvalue weighted by atomic mass is 32.2. The first kappa shape index (κ1) is 25.2. The maximum atomic E-state index is 13.2. The first-order valence-electron chi connectivity index (χ1n) is 11.9. The third kappa shape index (κ3) is 5.00. The highest BCUT2D eigenvalue weighted by Gasteiger charge is 2.22. The first-order valence-corrected chi connectivity index (χ1v) is 13.4. The fourth-order valence-electron chi connectivity index (χ4n) is 4.03. The number of nitrogens with one attached hydrogen (secondary N) is 1. The van der Waals surface area contributed by atoms with E-state index in [-0.39, 0.29) is 22.2 Å². The van der Waals surface area contributed by atoms with E-state index < -0.39 is 10.0 Å². The summed E-state index contributed by atoms with van der Waals surface area (Å²) in [5.41, 5.74) is 2.07. The molecule has 5 rings (SSSR count). The summed E-state index contributed by atoms with van der Waals surface area (Å²) in [6, 6.07) is 20.1. The maximum absolute atomic E-state index is 13.2. The van der Waals surface area contributed by atoms with Crippen molar-refractivity contribution in [3.8, 4) is 17.2 Å². The van der Waals surface area contributed by atoms with Gasteiger partial charge in [-0.25, -0.2) is 9.78 Å². The molecule has 2 aromatic heterocycles. The topological polar surface area (TPSA) is 109 Å². The first-order chi connectivity index (χ1) is 18.2. The van der Waals surface area contributed by atoms with Gasteiger partial charge in [0.25, 0.3) is 10.0 Å². The largest absolute Gasteiger partial charge is 0.489 e. The lowest BCUT2D eigenvalue weighted by Gasteiger charge is -2.15. The Labute approximate surface area is 219 Å². The number of rotatable bonds is 9. The van der Waals surface area contributed by atoms with E-state index in [0.29, 0.717) is 35.7 Å². The molecule has 0 amide bonds. The minimum atomic E-state index is -4.03. The van der Waals surface area contributed by atoms with Crippen LogP contribution >= 0.6 is 0 Å². The van der Waals surface area contributed by atoms with Crippen LogP contribution < -0.4 is 19.9 Å². The Balaban J connectivity index is 1.50. The lowest BCUT2D eigenvalue weighted by Crippen LogP contribution is -2.19. The standard InChI is InChI=1S/C27H27N5O5S/c1-4-32-16-26(28-18-32)38(34,35)29-22-14-23-24(31(3)27(33)30(23)2)15-25(22)37-21-12-8-11-20(13-21)36-17-19-9-6-5-7-10-19/h5-16,18,29H,4,17H2,1-3H3. The van der Waals surface area contributed by atoms with Crippen LogP contribution in [-0.2, 0) is 37.3 Å². The second-order valence-corrected chi connectivity index (χ2v) is 10.4. The molecular formula is C27H27N5O5S. The second-order valence-electron chi connectivity index (χ2n) is 8.74. The Morgan fingerprint density at radius 2 is 1.63 bits per heavy atom. The number of aryl methyl sites for hydroxylation is 3. The molecule has 0 spiro atoms. The molecule has 0 radical (unpaired) electrons. The van der Waals surface area contributed by atoms with Crippen LogP contribution in [0.25, 0.3) is 11.0 Å². The van der Waals surface area contributed by atoms with Crippen LogP contribution in [0.1, 0.15) is 12.5 Å². The van der Waals surface area contributed by atoms with Crippen LogP contribution in [0.15, 0.2) is 89.1 Å². The van der Waals surface area contributed by atoms with Crippen molar-refractivity contribution in [3.05, 3.63) is 95.3 Å². The summed E-state index contributed by atoms with van der Waals surface area (Å²) in [4.78, 5) is 16.6. The average Bonchev–Trinajstić information content (AvgIpc) is 3.49. The lowest BCUT2D eigenvalue weighted by atomic mass is 10.2. The zero-order chi connectivity index (χ0) is 26.9. The van der Waals surface area contributed by atoms with Gasteiger partial charge in [-0.3, -0.25) is 13.9 Å². The van der Waals surface area contributed by atoms with Gasteiger partial charge in [0.1, 0.15) is 18.1 Å². The highest BCUT2D eigenvalue weighted by molar-refractivity contribution is 7.92. The molecule has 11 heteroatoms. The summed E-state index contributed by atoms with van der Waals surface area (Å²) in [6.07, 6.45) is 2.91. The van der Waals surface area contributed by atoms with Crippen LogP contribution in [0.3, 0.4) is 0 Å². The number of imidazole rings is 2.